The Balaban J connectivity index is 0.00000180. The third kappa shape index (κ3) is 3.95. The maximum Gasteiger partial charge on any atom is 0.251 e. The van der Waals surface area contributed by atoms with Gasteiger partial charge in [-0.2, -0.15) is 0 Å². The predicted molar refractivity (Wildman–Crippen MR) is 81.2 cm³/mol. The standard InChI is InChI=1S/C15H22N2O.ClH/c1-10-6-11(2)14(12(3)7-10)15(18)17-9-13-4-5-16-8-13;/h6-7,13,16H,4-5,8-9H2,1-3H3,(H,17,18);1H. The van der Waals surface area contributed by atoms with Gasteiger partial charge in [0.25, 0.3) is 5.91 Å². The minimum Gasteiger partial charge on any atom is -0.352 e. The quantitative estimate of drug-likeness (QED) is 0.894. The highest BCUT2D eigenvalue weighted by Gasteiger charge is 2.17. The average molecular weight is 283 g/mol. The summed E-state index contributed by atoms with van der Waals surface area (Å²) in [6.45, 7) is 8.94. The molecule has 2 N–H and O–H groups in total. The molecule has 0 radical (unpaired) electrons. The molecule has 3 nitrogen and oxygen atoms in total. The number of amides is 1. The first-order valence-electron chi connectivity index (χ1n) is 6.64. The first-order chi connectivity index (χ1) is 8.58. The van der Waals surface area contributed by atoms with Crippen LogP contribution >= 0.6 is 12.4 Å². The number of aryl methyl sites for hydroxylation is 3. The van der Waals surface area contributed by atoms with Crippen molar-refractivity contribution in [2.75, 3.05) is 19.6 Å². The van der Waals surface area contributed by atoms with Crippen LogP contribution in [-0.4, -0.2) is 25.5 Å². The van der Waals surface area contributed by atoms with E-state index in [9.17, 15) is 4.79 Å². The summed E-state index contributed by atoms with van der Waals surface area (Å²) in [6.07, 6.45) is 1.16. The molecule has 1 aromatic carbocycles. The van der Waals surface area contributed by atoms with Crippen molar-refractivity contribution in [1.29, 1.82) is 0 Å². The van der Waals surface area contributed by atoms with Crippen molar-refractivity contribution in [2.24, 2.45) is 5.92 Å². The van der Waals surface area contributed by atoms with Crippen LogP contribution in [-0.2, 0) is 0 Å². The van der Waals surface area contributed by atoms with Crippen LogP contribution in [0.15, 0.2) is 12.1 Å². The number of hydrogen-bond acceptors (Lipinski definition) is 2. The lowest BCUT2D eigenvalue weighted by molar-refractivity contribution is 0.0947. The van der Waals surface area contributed by atoms with Gasteiger partial charge in [-0.3, -0.25) is 4.79 Å². The summed E-state index contributed by atoms with van der Waals surface area (Å²) in [4.78, 5) is 12.2. The van der Waals surface area contributed by atoms with Gasteiger partial charge in [0.2, 0.25) is 0 Å². The molecule has 1 atom stereocenters. The Morgan fingerprint density at radius 2 is 1.95 bits per heavy atom. The highest BCUT2D eigenvalue weighted by atomic mass is 35.5. The molecule has 106 valence electrons. The fourth-order valence-corrected chi connectivity index (χ4v) is 2.75. The van der Waals surface area contributed by atoms with E-state index in [4.69, 9.17) is 0 Å². The Labute approximate surface area is 121 Å². The summed E-state index contributed by atoms with van der Waals surface area (Å²) in [5.41, 5.74) is 4.18. The first kappa shape index (κ1) is 16.0. The zero-order chi connectivity index (χ0) is 13.1. The van der Waals surface area contributed by atoms with Crippen LogP contribution in [0.2, 0.25) is 0 Å². The Kier molecular flexibility index (Phi) is 5.83. The summed E-state index contributed by atoms with van der Waals surface area (Å²) in [6, 6.07) is 4.14. The molecular formula is C15H23ClN2O. The molecule has 1 aromatic rings. The number of hydrogen-bond donors (Lipinski definition) is 2. The van der Waals surface area contributed by atoms with Crippen LogP contribution in [0.25, 0.3) is 0 Å². The van der Waals surface area contributed by atoms with E-state index in [1.165, 1.54) is 5.56 Å². The second kappa shape index (κ2) is 6.92. The molecule has 0 saturated carbocycles. The van der Waals surface area contributed by atoms with Gasteiger partial charge in [-0.05, 0) is 57.3 Å². The largest absolute Gasteiger partial charge is 0.352 e. The van der Waals surface area contributed by atoms with Crippen LogP contribution in [0.4, 0.5) is 0 Å². The second-order valence-electron chi connectivity index (χ2n) is 5.34. The van der Waals surface area contributed by atoms with Gasteiger partial charge in [0.1, 0.15) is 0 Å². The van der Waals surface area contributed by atoms with Crippen molar-refractivity contribution in [2.45, 2.75) is 27.2 Å². The van der Waals surface area contributed by atoms with Crippen LogP contribution in [0.5, 0.6) is 0 Å². The van der Waals surface area contributed by atoms with E-state index in [-0.39, 0.29) is 18.3 Å². The molecule has 1 aliphatic rings. The highest BCUT2D eigenvalue weighted by Crippen LogP contribution is 2.16. The van der Waals surface area contributed by atoms with E-state index in [1.807, 2.05) is 13.8 Å². The van der Waals surface area contributed by atoms with Crippen molar-refractivity contribution in [1.82, 2.24) is 10.6 Å². The number of halogens is 1. The summed E-state index contributed by atoms with van der Waals surface area (Å²) >= 11 is 0. The lowest BCUT2D eigenvalue weighted by Crippen LogP contribution is -2.31. The van der Waals surface area contributed by atoms with Gasteiger partial charge in [-0.25, -0.2) is 0 Å². The van der Waals surface area contributed by atoms with E-state index >= 15 is 0 Å². The third-order valence-electron chi connectivity index (χ3n) is 3.62. The molecule has 0 spiro atoms. The van der Waals surface area contributed by atoms with E-state index in [0.29, 0.717) is 5.92 Å². The lowest BCUT2D eigenvalue weighted by Gasteiger charge is -2.14. The van der Waals surface area contributed by atoms with Crippen molar-refractivity contribution >= 4 is 18.3 Å². The van der Waals surface area contributed by atoms with Crippen molar-refractivity contribution < 1.29 is 4.79 Å². The first-order valence-corrected chi connectivity index (χ1v) is 6.64. The highest BCUT2D eigenvalue weighted by molar-refractivity contribution is 5.97. The van der Waals surface area contributed by atoms with Gasteiger partial charge >= 0.3 is 0 Å². The van der Waals surface area contributed by atoms with Gasteiger partial charge in [-0.15, -0.1) is 12.4 Å². The Morgan fingerprint density at radius 1 is 1.32 bits per heavy atom. The summed E-state index contributed by atoms with van der Waals surface area (Å²) < 4.78 is 0. The second-order valence-corrected chi connectivity index (χ2v) is 5.34. The van der Waals surface area contributed by atoms with Crippen LogP contribution < -0.4 is 10.6 Å². The zero-order valence-electron chi connectivity index (χ0n) is 11.9. The number of carbonyl (C=O) groups is 1. The maximum atomic E-state index is 12.2. The molecule has 4 heteroatoms. The van der Waals surface area contributed by atoms with Crippen LogP contribution in [0.3, 0.4) is 0 Å². The smallest absolute Gasteiger partial charge is 0.251 e. The van der Waals surface area contributed by atoms with E-state index in [1.54, 1.807) is 0 Å². The molecule has 1 heterocycles. The predicted octanol–water partition coefficient (Wildman–Crippen LogP) is 2.37. The van der Waals surface area contributed by atoms with Crippen molar-refractivity contribution in [3.63, 3.8) is 0 Å². The van der Waals surface area contributed by atoms with Gasteiger partial charge in [0, 0.05) is 12.1 Å². The fraction of sp³-hybridized carbons (Fsp3) is 0.533. The molecular weight excluding hydrogens is 260 g/mol. The molecule has 0 bridgehead atoms. The summed E-state index contributed by atoms with van der Waals surface area (Å²) in [7, 11) is 0. The Morgan fingerprint density at radius 3 is 2.47 bits per heavy atom. The van der Waals surface area contributed by atoms with E-state index in [2.05, 4.69) is 29.7 Å². The number of carbonyl (C=O) groups excluding carboxylic acids is 1. The molecule has 19 heavy (non-hydrogen) atoms. The summed E-state index contributed by atoms with van der Waals surface area (Å²) in [5.74, 6) is 0.650. The fourth-order valence-electron chi connectivity index (χ4n) is 2.75. The van der Waals surface area contributed by atoms with E-state index in [0.717, 1.165) is 42.7 Å². The van der Waals surface area contributed by atoms with Crippen molar-refractivity contribution in [3.8, 4) is 0 Å². The van der Waals surface area contributed by atoms with Crippen LogP contribution in [0, 0.1) is 26.7 Å². The lowest BCUT2D eigenvalue weighted by atomic mass is 9.99. The van der Waals surface area contributed by atoms with Crippen LogP contribution in [0.1, 0.15) is 33.5 Å². The molecule has 1 amide bonds. The Bertz CT molecular complexity index is 430. The maximum absolute atomic E-state index is 12.2. The van der Waals surface area contributed by atoms with E-state index < -0.39 is 0 Å². The number of nitrogens with one attached hydrogen (secondary N) is 2. The number of benzene rings is 1. The Hall–Kier alpha value is -1.06. The minimum absolute atomic E-state index is 0. The molecule has 1 fully saturated rings. The molecule has 1 aliphatic heterocycles. The van der Waals surface area contributed by atoms with Crippen molar-refractivity contribution in [3.05, 3.63) is 34.4 Å². The van der Waals surface area contributed by atoms with Gasteiger partial charge < -0.3 is 10.6 Å². The minimum atomic E-state index is 0. The van der Waals surface area contributed by atoms with Gasteiger partial charge in [0.15, 0.2) is 0 Å². The molecule has 0 aliphatic carbocycles. The monoisotopic (exact) mass is 282 g/mol. The number of rotatable bonds is 3. The summed E-state index contributed by atoms with van der Waals surface area (Å²) in [5, 5.41) is 6.38. The molecule has 2 rings (SSSR count). The third-order valence-corrected chi connectivity index (χ3v) is 3.62. The van der Waals surface area contributed by atoms with Gasteiger partial charge in [-0.1, -0.05) is 17.7 Å². The van der Waals surface area contributed by atoms with Gasteiger partial charge in [0.05, 0.1) is 0 Å². The molecule has 1 unspecified atom stereocenters. The zero-order valence-corrected chi connectivity index (χ0v) is 12.7. The SMILES string of the molecule is Cc1cc(C)c(C(=O)NCC2CCNC2)c(C)c1.Cl. The molecule has 1 saturated heterocycles. The molecule has 0 aromatic heterocycles. The average Bonchev–Trinajstić information content (AvgIpc) is 2.77. The normalized spacial score (nSPS) is 17.9. The topological polar surface area (TPSA) is 41.1 Å².